The van der Waals surface area contributed by atoms with Crippen molar-refractivity contribution in [3.8, 4) is 0 Å². The van der Waals surface area contributed by atoms with Crippen LogP contribution in [0.2, 0.25) is 0 Å². The number of morpholine rings is 1. The highest BCUT2D eigenvalue weighted by Crippen LogP contribution is 2.04. The molecule has 0 bridgehead atoms. The standard InChI is InChI=1S/C9H15NO4/c1-6-4-14-5-7(10-6)3-8(11)9(12)13-2/h6-7,10H,3-5H2,1-2H3. The molecule has 14 heavy (non-hydrogen) atoms. The topological polar surface area (TPSA) is 64.6 Å². The number of carbonyl (C=O) groups excluding carboxylic acids is 2. The summed E-state index contributed by atoms with van der Waals surface area (Å²) >= 11 is 0. The Morgan fingerprint density at radius 2 is 2.21 bits per heavy atom. The molecule has 1 aliphatic heterocycles. The van der Waals surface area contributed by atoms with Crippen LogP contribution in [-0.2, 0) is 19.1 Å². The van der Waals surface area contributed by atoms with Gasteiger partial charge in [0.1, 0.15) is 0 Å². The van der Waals surface area contributed by atoms with E-state index in [9.17, 15) is 9.59 Å². The molecule has 5 nitrogen and oxygen atoms in total. The lowest BCUT2D eigenvalue weighted by atomic mass is 10.1. The smallest absolute Gasteiger partial charge is 0.374 e. The minimum Gasteiger partial charge on any atom is -0.463 e. The number of methoxy groups -OCH3 is 1. The van der Waals surface area contributed by atoms with Crippen LogP contribution in [0.3, 0.4) is 0 Å². The van der Waals surface area contributed by atoms with Crippen LogP contribution in [0.15, 0.2) is 0 Å². The van der Waals surface area contributed by atoms with Crippen molar-refractivity contribution < 1.29 is 19.1 Å². The first-order valence-corrected chi connectivity index (χ1v) is 4.58. The molecule has 0 aromatic heterocycles. The third-order valence-electron chi connectivity index (χ3n) is 2.05. The summed E-state index contributed by atoms with van der Waals surface area (Å²) in [6, 6.07) is 0.143. The van der Waals surface area contributed by atoms with Gasteiger partial charge in [0.25, 0.3) is 0 Å². The summed E-state index contributed by atoms with van der Waals surface area (Å²) in [5.41, 5.74) is 0. The summed E-state index contributed by atoms with van der Waals surface area (Å²) < 4.78 is 9.57. The van der Waals surface area contributed by atoms with Crippen LogP contribution in [0, 0.1) is 0 Å². The summed E-state index contributed by atoms with van der Waals surface area (Å²) in [5, 5.41) is 3.17. The van der Waals surface area contributed by atoms with Crippen LogP contribution in [0.4, 0.5) is 0 Å². The molecule has 0 saturated carbocycles. The van der Waals surface area contributed by atoms with Gasteiger partial charge in [-0.05, 0) is 6.92 Å². The maximum absolute atomic E-state index is 11.2. The summed E-state index contributed by atoms with van der Waals surface area (Å²) in [6.07, 6.45) is 0.136. The summed E-state index contributed by atoms with van der Waals surface area (Å²) in [7, 11) is 1.20. The second-order valence-electron chi connectivity index (χ2n) is 3.42. The van der Waals surface area contributed by atoms with Crippen molar-refractivity contribution in [2.45, 2.75) is 25.4 Å². The molecule has 1 fully saturated rings. The second kappa shape index (κ2) is 5.07. The third kappa shape index (κ3) is 3.08. The second-order valence-corrected chi connectivity index (χ2v) is 3.42. The molecule has 0 radical (unpaired) electrons. The molecule has 1 rings (SSSR count). The van der Waals surface area contributed by atoms with Gasteiger partial charge in [0, 0.05) is 18.5 Å². The number of carbonyl (C=O) groups is 2. The monoisotopic (exact) mass is 201 g/mol. The van der Waals surface area contributed by atoms with Crippen molar-refractivity contribution in [2.24, 2.45) is 0 Å². The van der Waals surface area contributed by atoms with E-state index < -0.39 is 11.8 Å². The van der Waals surface area contributed by atoms with Gasteiger partial charge in [-0.2, -0.15) is 0 Å². The molecular formula is C9H15NO4. The fourth-order valence-corrected chi connectivity index (χ4v) is 1.42. The van der Waals surface area contributed by atoms with E-state index in [0.717, 1.165) is 0 Å². The fraction of sp³-hybridized carbons (Fsp3) is 0.778. The van der Waals surface area contributed by atoms with E-state index in [1.807, 2.05) is 6.92 Å². The number of nitrogens with one attached hydrogen (secondary N) is 1. The maximum Gasteiger partial charge on any atom is 0.374 e. The van der Waals surface area contributed by atoms with E-state index >= 15 is 0 Å². The van der Waals surface area contributed by atoms with Crippen LogP contribution in [0.1, 0.15) is 13.3 Å². The molecule has 1 heterocycles. The Labute approximate surface area is 82.8 Å². The molecule has 80 valence electrons. The van der Waals surface area contributed by atoms with Gasteiger partial charge >= 0.3 is 5.97 Å². The molecule has 0 aromatic rings. The van der Waals surface area contributed by atoms with Crippen molar-refractivity contribution in [1.29, 1.82) is 0 Å². The highest BCUT2D eigenvalue weighted by Gasteiger charge is 2.24. The molecule has 5 heteroatoms. The Morgan fingerprint density at radius 1 is 1.50 bits per heavy atom. The number of ether oxygens (including phenoxy) is 2. The Hall–Kier alpha value is -0.940. The van der Waals surface area contributed by atoms with Crippen molar-refractivity contribution in [3.63, 3.8) is 0 Å². The SMILES string of the molecule is COC(=O)C(=O)CC1COCC(C)N1. The molecular weight excluding hydrogens is 186 g/mol. The largest absolute Gasteiger partial charge is 0.463 e. The van der Waals surface area contributed by atoms with Crippen molar-refractivity contribution in [3.05, 3.63) is 0 Å². The van der Waals surface area contributed by atoms with Gasteiger partial charge in [0.15, 0.2) is 0 Å². The average molecular weight is 201 g/mol. The lowest BCUT2D eigenvalue weighted by Gasteiger charge is -2.28. The predicted octanol–water partition coefficient (Wildman–Crippen LogP) is -0.504. The number of hydrogen-bond acceptors (Lipinski definition) is 5. The minimum atomic E-state index is -0.787. The number of ketones is 1. The Bertz CT molecular complexity index is 229. The van der Waals surface area contributed by atoms with Gasteiger partial charge < -0.3 is 14.8 Å². The highest BCUT2D eigenvalue weighted by atomic mass is 16.5. The summed E-state index contributed by atoms with van der Waals surface area (Å²) in [4.78, 5) is 22.0. The van der Waals surface area contributed by atoms with Gasteiger partial charge in [-0.15, -0.1) is 0 Å². The molecule has 0 spiro atoms. The lowest BCUT2D eigenvalue weighted by molar-refractivity contribution is -0.152. The first-order chi connectivity index (χ1) is 6.63. The molecule has 1 saturated heterocycles. The van der Waals surface area contributed by atoms with E-state index in [4.69, 9.17) is 4.74 Å². The summed E-state index contributed by atoms with van der Waals surface area (Å²) in [5.74, 6) is -1.30. The molecule has 1 aliphatic rings. The number of rotatable bonds is 3. The molecule has 0 amide bonds. The minimum absolute atomic E-state index is 0.0784. The van der Waals surface area contributed by atoms with E-state index in [1.54, 1.807) is 0 Å². The number of esters is 1. The fourth-order valence-electron chi connectivity index (χ4n) is 1.42. The maximum atomic E-state index is 11.2. The Kier molecular flexibility index (Phi) is 4.03. The predicted molar refractivity (Wildman–Crippen MR) is 48.8 cm³/mol. The van der Waals surface area contributed by atoms with Gasteiger partial charge in [-0.3, -0.25) is 4.79 Å². The van der Waals surface area contributed by atoms with Crippen LogP contribution in [0.5, 0.6) is 0 Å². The Balaban J connectivity index is 2.36. The van der Waals surface area contributed by atoms with E-state index in [-0.39, 0.29) is 18.5 Å². The zero-order valence-corrected chi connectivity index (χ0v) is 8.41. The molecule has 1 N–H and O–H groups in total. The van der Waals surface area contributed by atoms with E-state index in [2.05, 4.69) is 10.1 Å². The Morgan fingerprint density at radius 3 is 2.79 bits per heavy atom. The first-order valence-electron chi connectivity index (χ1n) is 4.58. The molecule has 2 atom stereocenters. The summed E-state index contributed by atoms with van der Waals surface area (Å²) in [6.45, 7) is 3.07. The van der Waals surface area contributed by atoms with Crippen LogP contribution >= 0.6 is 0 Å². The van der Waals surface area contributed by atoms with Gasteiger partial charge in [-0.25, -0.2) is 4.79 Å². The van der Waals surface area contributed by atoms with E-state index in [1.165, 1.54) is 7.11 Å². The molecule has 0 aliphatic carbocycles. The molecule has 0 aromatic carbocycles. The van der Waals surface area contributed by atoms with Gasteiger partial charge in [0.05, 0.1) is 20.3 Å². The van der Waals surface area contributed by atoms with Crippen molar-refractivity contribution in [1.82, 2.24) is 5.32 Å². The average Bonchev–Trinajstić information content (AvgIpc) is 2.16. The zero-order chi connectivity index (χ0) is 10.6. The quantitative estimate of drug-likeness (QED) is 0.492. The number of hydrogen-bond donors (Lipinski definition) is 1. The first kappa shape index (κ1) is 11.1. The molecule has 2 unspecified atom stereocenters. The van der Waals surface area contributed by atoms with Crippen molar-refractivity contribution >= 4 is 11.8 Å². The highest BCUT2D eigenvalue weighted by molar-refractivity contribution is 6.33. The lowest BCUT2D eigenvalue weighted by Crippen LogP contribution is -2.48. The third-order valence-corrected chi connectivity index (χ3v) is 2.05. The van der Waals surface area contributed by atoms with Crippen LogP contribution in [0.25, 0.3) is 0 Å². The zero-order valence-electron chi connectivity index (χ0n) is 8.41. The van der Waals surface area contributed by atoms with E-state index in [0.29, 0.717) is 13.2 Å². The number of Topliss-reactive ketones (excluding diaryl/α,β-unsaturated/α-hetero) is 1. The normalized spacial score (nSPS) is 27.0. The van der Waals surface area contributed by atoms with Crippen molar-refractivity contribution in [2.75, 3.05) is 20.3 Å². The van der Waals surface area contributed by atoms with Crippen LogP contribution < -0.4 is 5.32 Å². The van der Waals surface area contributed by atoms with Gasteiger partial charge in [0.2, 0.25) is 5.78 Å². The van der Waals surface area contributed by atoms with Crippen LogP contribution in [-0.4, -0.2) is 44.2 Å². The van der Waals surface area contributed by atoms with Gasteiger partial charge in [-0.1, -0.05) is 0 Å².